The number of likely N-dealkylation sites (N-methyl/N-ethyl adjacent to an activating group) is 1. The number of hydrogen-bond donors (Lipinski definition) is 0. The molecule has 0 unspecified atom stereocenters. The van der Waals surface area contributed by atoms with E-state index in [9.17, 15) is 4.79 Å². The Morgan fingerprint density at radius 1 is 1.44 bits per heavy atom. The molecule has 1 heterocycles. The standard InChI is InChI=1S/C14H17N3O/c1-10-15-12-5-3-4-6-13(12)17(10)9-14(18)16(2)11-7-8-11/h3-6,11H,7-9H2,1-2H3. The van der Waals surface area contributed by atoms with E-state index in [2.05, 4.69) is 4.98 Å². The number of hydrogen-bond acceptors (Lipinski definition) is 2. The first-order chi connectivity index (χ1) is 8.66. The monoisotopic (exact) mass is 243 g/mol. The van der Waals surface area contributed by atoms with Gasteiger partial charge in [-0.2, -0.15) is 0 Å². The summed E-state index contributed by atoms with van der Waals surface area (Å²) >= 11 is 0. The van der Waals surface area contributed by atoms with Gasteiger partial charge in [-0.3, -0.25) is 4.79 Å². The van der Waals surface area contributed by atoms with Crippen molar-refractivity contribution < 1.29 is 4.79 Å². The predicted molar refractivity (Wildman–Crippen MR) is 70.3 cm³/mol. The molecule has 1 aromatic carbocycles. The van der Waals surface area contributed by atoms with E-state index in [-0.39, 0.29) is 5.91 Å². The first kappa shape index (κ1) is 11.3. The van der Waals surface area contributed by atoms with Crippen molar-refractivity contribution in [1.82, 2.24) is 14.5 Å². The maximum Gasteiger partial charge on any atom is 0.242 e. The van der Waals surface area contributed by atoms with Crippen molar-refractivity contribution in [3.63, 3.8) is 0 Å². The Bertz CT molecular complexity index is 598. The second-order valence-corrected chi connectivity index (χ2v) is 4.97. The van der Waals surface area contributed by atoms with E-state index in [1.165, 1.54) is 0 Å². The highest BCUT2D eigenvalue weighted by molar-refractivity contribution is 5.81. The second kappa shape index (κ2) is 4.12. The zero-order valence-electron chi connectivity index (χ0n) is 10.8. The minimum absolute atomic E-state index is 0.170. The number of benzene rings is 1. The molecule has 0 radical (unpaired) electrons. The number of aryl methyl sites for hydroxylation is 1. The van der Waals surface area contributed by atoms with Crippen LogP contribution in [0.25, 0.3) is 11.0 Å². The molecule has 4 heteroatoms. The van der Waals surface area contributed by atoms with Crippen LogP contribution in [0.15, 0.2) is 24.3 Å². The van der Waals surface area contributed by atoms with Crippen molar-refractivity contribution in [3.05, 3.63) is 30.1 Å². The topological polar surface area (TPSA) is 38.1 Å². The summed E-state index contributed by atoms with van der Waals surface area (Å²) in [5.41, 5.74) is 1.99. The fourth-order valence-corrected chi connectivity index (χ4v) is 2.31. The molecule has 0 N–H and O–H groups in total. The van der Waals surface area contributed by atoms with Crippen LogP contribution in [0.3, 0.4) is 0 Å². The third-order valence-corrected chi connectivity index (χ3v) is 3.63. The molecule has 2 aromatic rings. The molecule has 1 fully saturated rings. The number of para-hydroxylation sites is 2. The lowest BCUT2D eigenvalue weighted by Crippen LogP contribution is -2.32. The molecule has 94 valence electrons. The van der Waals surface area contributed by atoms with Crippen LogP contribution in [0.4, 0.5) is 0 Å². The average molecular weight is 243 g/mol. The third-order valence-electron chi connectivity index (χ3n) is 3.63. The van der Waals surface area contributed by atoms with Crippen LogP contribution in [0, 0.1) is 6.92 Å². The van der Waals surface area contributed by atoms with Gasteiger partial charge < -0.3 is 9.47 Å². The lowest BCUT2D eigenvalue weighted by Gasteiger charge is -2.17. The van der Waals surface area contributed by atoms with Gasteiger partial charge in [0.1, 0.15) is 12.4 Å². The minimum Gasteiger partial charge on any atom is -0.341 e. The molecule has 1 saturated carbocycles. The molecular weight excluding hydrogens is 226 g/mol. The Labute approximate surface area is 106 Å². The lowest BCUT2D eigenvalue weighted by molar-refractivity contribution is -0.130. The van der Waals surface area contributed by atoms with E-state index >= 15 is 0 Å². The normalized spacial score (nSPS) is 15.0. The second-order valence-electron chi connectivity index (χ2n) is 4.97. The number of nitrogens with zero attached hydrogens (tertiary/aromatic N) is 3. The fourth-order valence-electron chi connectivity index (χ4n) is 2.31. The van der Waals surface area contributed by atoms with Crippen LogP contribution in [-0.2, 0) is 11.3 Å². The molecule has 0 spiro atoms. The van der Waals surface area contributed by atoms with E-state index in [1.54, 1.807) is 0 Å². The number of fused-ring (bicyclic) bond motifs is 1. The predicted octanol–water partition coefficient (Wildman–Crippen LogP) is 1.97. The molecule has 3 rings (SSSR count). The Morgan fingerprint density at radius 2 is 2.17 bits per heavy atom. The SMILES string of the molecule is Cc1nc2ccccc2n1CC(=O)N(C)C1CC1. The highest BCUT2D eigenvalue weighted by Crippen LogP contribution is 2.26. The quantitative estimate of drug-likeness (QED) is 0.826. The molecule has 4 nitrogen and oxygen atoms in total. The first-order valence-electron chi connectivity index (χ1n) is 6.34. The number of imidazole rings is 1. The van der Waals surface area contributed by atoms with Crippen molar-refractivity contribution in [2.75, 3.05) is 7.05 Å². The highest BCUT2D eigenvalue weighted by Gasteiger charge is 2.29. The van der Waals surface area contributed by atoms with Crippen LogP contribution in [0.5, 0.6) is 0 Å². The van der Waals surface area contributed by atoms with Crippen molar-refractivity contribution in [2.45, 2.75) is 32.4 Å². The van der Waals surface area contributed by atoms with E-state index in [1.807, 2.05) is 47.7 Å². The fraction of sp³-hybridized carbons (Fsp3) is 0.429. The third kappa shape index (κ3) is 1.88. The van der Waals surface area contributed by atoms with Crippen LogP contribution in [0.1, 0.15) is 18.7 Å². The van der Waals surface area contributed by atoms with Crippen molar-refractivity contribution in [1.29, 1.82) is 0 Å². The van der Waals surface area contributed by atoms with Gasteiger partial charge >= 0.3 is 0 Å². The van der Waals surface area contributed by atoms with E-state index in [0.29, 0.717) is 12.6 Å². The molecule has 0 aliphatic heterocycles. The van der Waals surface area contributed by atoms with E-state index in [4.69, 9.17) is 0 Å². The van der Waals surface area contributed by atoms with Crippen molar-refractivity contribution in [2.24, 2.45) is 0 Å². The van der Waals surface area contributed by atoms with Crippen molar-refractivity contribution >= 4 is 16.9 Å². The van der Waals surface area contributed by atoms with E-state index < -0.39 is 0 Å². The zero-order chi connectivity index (χ0) is 12.7. The van der Waals surface area contributed by atoms with Gasteiger partial charge in [0.25, 0.3) is 0 Å². The van der Waals surface area contributed by atoms with Gasteiger partial charge in [0.2, 0.25) is 5.91 Å². The number of carbonyl (C=O) groups is 1. The Morgan fingerprint density at radius 3 is 2.89 bits per heavy atom. The summed E-state index contributed by atoms with van der Waals surface area (Å²) in [6.45, 7) is 2.34. The molecule has 0 atom stereocenters. The lowest BCUT2D eigenvalue weighted by atomic mass is 10.3. The molecule has 0 bridgehead atoms. The molecule has 1 aromatic heterocycles. The van der Waals surface area contributed by atoms with E-state index in [0.717, 1.165) is 29.7 Å². The summed E-state index contributed by atoms with van der Waals surface area (Å²) in [5, 5.41) is 0. The number of amides is 1. The summed E-state index contributed by atoms with van der Waals surface area (Å²) < 4.78 is 2.00. The van der Waals surface area contributed by atoms with Gasteiger partial charge in [-0.25, -0.2) is 4.98 Å². The molecule has 1 amide bonds. The number of rotatable bonds is 3. The summed E-state index contributed by atoms with van der Waals surface area (Å²) in [4.78, 5) is 18.5. The van der Waals surface area contributed by atoms with Gasteiger partial charge in [-0.1, -0.05) is 12.1 Å². The van der Waals surface area contributed by atoms with Gasteiger partial charge in [0, 0.05) is 13.1 Å². The number of carbonyl (C=O) groups excluding carboxylic acids is 1. The van der Waals surface area contributed by atoms with Crippen LogP contribution < -0.4 is 0 Å². The van der Waals surface area contributed by atoms with Gasteiger partial charge in [-0.15, -0.1) is 0 Å². The van der Waals surface area contributed by atoms with Crippen LogP contribution in [0.2, 0.25) is 0 Å². The molecule has 1 aliphatic carbocycles. The van der Waals surface area contributed by atoms with Crippen LogP contribution >= 0.6 is 0 Å². The average Bonchev–Trinajstić information content (AvgIpc) is 3.15. The van der Waals surface area contributed by atoms with Gasteiger partial charge in [0.05, 0.1) is 11.0 Å². The number of aromatic nitrogens is 2. The Kier molecular flexibility index (Phi) is 2.58. The largest absolute Gasteiger partial charge is 0.341 e. The summed E-state index contributed by atoms with van der Waals surface area (Å²) in [5.74, 6) is 1.07. The first-order valence-corrected chi connectivity index (χ1v) is 6.34. The van der Waals surface area contributed by atoms with Crippen LogP contribution in [-0.4, -0.2) is 33.4 Å². The highest BCUT2D eigenvalue weighted by atomic mass is 16.2. The summed E-state index contributed by atoms with van der Waals surface area (Å²) in [6.07, 6.45) is 2.29. The summed E-state index contributed by atoms with van der Waals surface area (Å²) in [6, 6.07) is 8.41. The van der Waals surface area contributed by atoms with Gasteiger partial charge in [-0.05, 0) is 31.9 Å². The smallest absolute Gasteiger partial charge is 0.242 e. The van der Waals surface area contributed by atoms with Gasteiger partial charge in [0.15, 0.2) is 0 Å². The summed E-state index contributed by atoms with van der Waals surface area (Å²) in [7, 11) is 1.90. The molecular formula is C14H17N3O. The molecule has 1 aliphatic rings. The maximum atomic E-state index is 12.2. The maximum absolute atomic E-state index is 12.2. The zero-order valence-corrected chi connectivity index (χ0v) is 10.8. The Balaban J connectivity index is 1.89. The molecule has 0 saturated heterocycles. The Hall–Kier alpha value is -1.84. The van der Waals surface area contributed by atoms with Crippen molar-refractivity contribution in [3.8, 4) is 0 Å². The minimum atomic E-state index is 0.170. The molecule has 18 heavy (non-hydrogen) atoms.